The van der Waals surface area contributed by atoms with Crippen LogP contribution in [-0.4, -0.2) is 39.4 Å². The molecule has 0 spiro atoms. The van der Waals surface area contributed by atoms with E-state index in [4.69, 9.17) is 5.11 Å². The minimum atomic E-state index is -1.13. The first-order valence-corrected chi connectivity index (χ1v) is 5.95. The molecular formula is C13H22O4. The summed E-state index contributed by atoms with van der Waals surface area (Å²) in [5, 5.41) is 28.7. The van der Waals surface area contributed by atoms with Gasteiger partial charge in [0.05, 0.1) is 18.3 Å². The van der Waals surface area contributed by atoms with E-state index in [0.717, 1.165) is 0 Å². The summed E-state index contributed by atoms with van der Waals surface area (Å²) in [5.41, 5.74) is -1.69. The van der Waals surface area contributed by atoms with Gasteiger partial charge in [-0.2, -0.15) is 0 Å². The smallest absolute Gasteiger partial charge is 0.133 e. The highest BCUT2D eigenvalue weighted by Crippen LogP contribution is 2.46. The van der Waals surface area contributed by atoms with Gasteiger partial charge in [-0.25, -0.2) is 0 Å². The van der Waals surface area contributed by atoms with Crippen LogP contribution in [0.5, 0.6) is 0 Å². The molecule has 0 heterocycles. The molecule has 98 valence electrons. The van der Waals surface area contributed by atoms with Gasteiger partial charge in [0.15, 0.2) is 0 Å². The molecule has 1 saturated carbocycles. The highest BCUT2D eigenvalue weighted by Gasteiger charge is 2.50. The molecule has 4 heteroatoms. The maximum absolute atomic E-state index is 11.5. The Morgan fingerprint density at radius 2 is 2.12 bits per heavy atom. The molecule has 17 heavy (non-hydrogen) atoms. The Morgan fingerprint density at radius 3 is 2.59 bits per heavy atom. The van der Waals surface area contributed by atoms with Crippen molar-refractivity contribution in [3.63, 3.8) is 0 Å². The Kier molecular flexibility index (Phi) is 4.12. The number of carbonyl (C=O) groups excluding carboxylic acids is 1. The molecule has 1 aliphatic carbocycles. The lowest BCUT2D eigenvalue weighted by Gasteiger charge is -2.48. The van der Waals surface area contributed by atoms with Gasteiger partial charge in [0, 0.05) is 18.3 Å². The topological polar surface area (TPSA) is 77.8 Å². The molecule has 1 rings (SSSR count). The molecule has 3 unspecified atom stereocenters. The van der Waals surface area contributed by atoms with Crippen LogP contribution in [0, 0.1) is 11.3 Å². The molecule has 0 radical (unpaired) electrons. The van der Waals surface area contributed by atoms with Gasteiger partial charge in [-0.05, 0) is 5.92 Å². The highest BCUT2D eigenvalue weighted by atomic mass is 16.3. The van der Waals surface area contributed by atoms with Gasteiger partial charge in [-0.15, -0.1) is 0 Å². The monoisotopic (exact) mass is 242 g/mol. The minimum Gasteiger partial charge on any atom is -0.393 e. The lowest BCUT2D eigenvalue weighted by atomic mass is 9.60. The Hall–Kier alpha value is -0.710. The molecule has 3 atom stereocenters. The van der Waals surface area contributed by atoms with Gasteiger partial charge >= 0.3 is 0 Å². The Bertz CT molecular complexity index is 321. The van der Waals surface area contributed by atoms with Gasteiger partial charge in [-0.1, -0.05) is 32.9 Å². The van der Waals surface area contributed by atoms with Crippen LogP contribution in [0.4, 0.5) is 0 Å². The molecule has 0 amide bonds. The molecule has 1 fully saturated rings. The Labute approximate surface area is 102 Å². The molecule has 0 aromatic rings. The molecular weight excluding hydrogens is 220 g/mol. The van der Waals surface area contributed by atoms with Crippen molar-refractivity contribution in [2.45, 2.75) is 45.3 Å². The van der Waals surface area contributed by atoms with E-state index in [-0.39, 0.29) is 18.3 Å². The van der Waals surface area contributed by atoms with Gasteiger partial charge in [-0.3, -0.25) is 4.79 Å². The van der Waals surface area contributed by atoms with Crippen molar-refractivity contribution in [3.05, 3.63) is 12.2 Å². The third-order valence-corrected chi connectivity index (χ3v) is 3.77. The van der Waals surface area contributed by atoms with Crippen molar-refractivity contribution in [1.82, 2.24) is 0 Å². The largest absolute Gasteiger partial charge is 0.393 e. The first-order chi connectivity index (χ1) is 7.73. The van der Waals surface area contributed by atoms with E-state index in [9.17, 15) is 15.0 Å². The zero-order valence-electron chi connectivity index (χ0n) is 10.7. The number of hydrogen-bond donors (Lipinski definition) is 3. The summed E-state index contributed by atoms with van der Waals surface area (Å²) in [6.07, 6.45) is 2.63. The maximum Gasteiger partial charge on any atom is 0.133 e. The van der Waals surface area contributed by atoms with E-state index in [2.05, 4.69) is 0 Å². The van der Waals surface area contributed by atoms with Crippen LogP contribution in [0.25, 0.3) is 0 Å². The van der Waals surface area contributed by atoms with Gasteiger partial charge in [0.1, 0.15) is 5.78 Å². The van der Waals surface area contributed by atoms with Crippen molar-refractivity contribution < 1.29 is 20.1 Å². The number of aliphatic hydroxyl groups is 3. The highest BCUT2D eigenvalue weighted by molar-refractivity contribution is 5.81. The summed E-state index contributed by atoms with van der Waals surface area (Å²) in [6, 6.07) is 0. The lowest BCUT2D eigenvalue weighted by molar-refractivity contribution is -0.142. The van der Waals surface area contributed by atoms with Crippen LogP contribution in [0.1, 0.15) is 33.6 Å². The van der Waals surface area contributed by atoms with E-state index in [1.165, 1.54) is 12.2 Å². The van der Waals surface area contributed by atoms with Crippen molar-refractivity contribution in [1.29, 1.82) is 0 Å². The number of ketones is 1. The van der Waals surface area contributed by atoms with Crippen LogP contribution in [0.15, 0.2) is 12.2 Å². The van der Waals surface area contributed by atoms with E-state index >= 15 is 0 Å². The summed E-state index contributed by atoms with van der Waals surface area (Å²) in [4.78, 5) is 11.5. The van der Waals surface area contributed by atoms with E-state index in [1.54, 1.807) is 0 Å². The van der Waals surface area contributed by atoms with Crippen molar-refractivity contribution in [2.75, 3.05) is 6.61 Å². The second kappa shape index (κ2) is 4.88. The predicted octanol–water partition coefficient (Wildman–Crippen LogP) is 0.652. The summed E-state index contributed by atoms with van der Waals surface area (Å²) in [6.45, 7) is 5.14. The van der Waals surface area contributed by atoms with Crippen molar-refractivity contribution in [2.24, 2.45) is 11.3 Å². The zero-order valence-corrected chi connectivity index (χ0v) is 10.7. The number of rotatable bonds is 3. The molecule has 0 aromatic carbocycles. The second-order valence-electron chi connectivity index (χ2n) is 5.64. The fraction of sp³-hybridized carbons (Fsp3) is 0.769. The SMILES string of the molecule is CC1CC(=O)CC(C)(C)C1(O)/C=C/C(O)CO. The van der Waals surface area contributed by atoms with Gasteiger partial charge < -0.3 is 15.3 Å². The fourth-order valence-electron chi connectivity index (χ4n) is 2.58. The molecule has 0 bridgehead atoms. The number of aliphatic hydroxyl groups excluding tert-OH is 2. The summed E-state index contributed by atoms with van der Waals surface area (Å²) in [5.74, 6) is -0.0378. The number of hydrogen-bond acceptors (Lipinski definition) is 4. The summed E-state index contributed by atoms with van der Waals surface area (Å²) in [7, 11) is 0. The van der Waals surface area contributed by atoms with Crippen LogP contribution in [0.3, 0.4) is 0 Å². The summed E-state index contributed by atoms with van der Waals surface area (Å²) >= 11 is 0. The molecule has 0 aliphatic heterocycles. The molecule has 0 aromatic heterocycles. The number of carbonyl (C=O) groups is 1. The quantitative estimate of drug-likeness (QED) is 0.635. The third kappa shape index (κ3) is 2.76. The number of Topliss-reactive ketones (excluding diaryl/α,β-unsaturated/α-hetero) is 1. The Morgan fingerprint density at radius 1 is 1.53 bits per heavy atom. The van der Waals surface area contributed by atoms with E-state index < -0.39 is 17.1 Å². The molecule has 1 aliphatic rings. The average Bonchev–Trinajstić information content (AvgIpc) is 2.22. The molecule has 3 N–H and O–H groups in total. The van der Waals surface area contributed by atoms with E-state index in [1.807, 2.05) is 20.8 Å². The minimum absolute atomic E-state index is 0.156. The van der Waals surface area contributed by atoms with Crippen LogP contribution in [0.2, 0.25) is 0 Å². The molecule has 0 saturated heterocycles. The maximum atomic E-state index is 11.5. The zero-order chi connectivity index (χ0) is 13.3. The van der Waals surface area contributed by atoms with E-state index in [0.29, 0.717) is 12.8 Å². The van der Waals surface area contributed by atoms with Crippen LogP contribution < -0.4 is 0 Å². The van der Waals surface area contributed by atoms with Crippen molar-refractivity contribution in [3.8, 4) is 0 Å². The van der Waals surface area contributed by atoms with Crippen LogP contribution >= 0.6 is 0 Å². The Balaban J connectivity index is 2.98. The standard InChI is InChI=1S/C13H22O4/c1-9-6-11(16)7-12(2,3)13(9,17)5-4-10(15)8-14/h4-5,9-10,14-15,17H,6-8H2,1-3H3/b5-4+. The average molecular weight is 242 g/mol. The fourth-order valence-corrected chi connectivity index (χ4v) is 2.58. The molecule has 4 nitrogen and oxygen atoms in total. The van der Waals surface area contributed by atoms with Gasteiger partial charge in [0.25, 0.3) is 0 Å². The van der Waals surface area contributed by atoms with Gasteiger partial charge in [0.2, 0.25) is 0 Å². The van der Waals surface area contributed by atoms with Crippen molar-refractivity contribution >= 4 is 5.78 Å². The normalized spacial score (nSPS) is 35.2. The first kappa shape index (κ1) is 14.4. The first-order valence-electron chi connectivity index (χ1n) is 5.95. The lowest BCUT2D eigenvalue weighted by Crippen LogP contribution is -2.53. The summed E-state index contributed by atoms with van der Waals surface area (Å²) < 4.78 is 0. The third-order valence-electron chi connectivity index (χ3n) is 3.77. The second-order valence-corrected chi connectivity index (χ2v) is 5.64. The van der Waals surface area contributed by atoms with Crippen LogP contribution in [-0.2, 0) is 4.79 Å². The predicted molar refractivity (Wildman–Crippen MR) is 64.4 cm³/mol.